The zero-order valence-corrected chi connectivity index (χ0v) is 20.1. The Balaban J connectivity index is 1.39. The van der Waals surface area contributed by atoms with Crippen molar-refractivity contribution < 1.29 is 38.1 Å². The molecule has 1 atom stereocenters. The van der Waals surface area contributed by atoms with Gasteiger partial charge in [-0.05, 0) is 30.3 Å². The first-order valence-corrected chi connectivity index (χ1v) is 11.1. The molecule has 0 aliphatic carbocycles. The van der Waals surface area contributed by atoms with Crippen LogP contribution in [0.5, 0.6) is 28.7 Å². The molecule has 2 aromatic carbocycles. The molecular weight excluding hydrogens is 456 g/mol. The molecule has 0 radical (unpaired) electrons. The fourth-order valence-electron chi connectivity index (χ4n) is 4.47. The van der Waals surface area contributed by atoms with Gasteiger partial charge in [0.1, 0.15) is 17.1 Å². The molecule has 1 fully saturated rings. The third kappa shape index (κ3) is 4.68. The van der Waals surface area contributed by atoms with Crippen LogP contribution in [-0.2, 0) is 4.79 Å². The van der Waals surface area contributed by atoms with Crippen LogP contribution in [-0.4, -0.2) is 76.2 Å². The summed E-state index contributed by atoms with van der Waals surface area (Å²) in [4.78, 5) is 40.0. The summed E-state index contributed by atoms with van der Waals surface area (Å²) < 4.78 is 27.2. The monoisotopic (exact) mass is 484 g/mol. The van der Waals surface area contributed by atoms with Crippen molar-refractivity contribution in [2.75, 3.05) is 48.1 Å². The van der Waals surface area contributed by atoms with Gasteiger partial charge in [-0.3, -0.25) is 14.4 Å². The van der Waals surface area contributed by atoms with E-state index in [0.29, 0.717) is 47.3 Å². The van der Waals surface area contributed by atoms with Crippen molar-refractivity contribution in [1.29, 1.82) is 0 Å². The smallest absolute Gasteiger partial charge is 0.251 e. The molecule has 2 aliphatic rings. The van der Waals surface area contributed by atoms with Crippen molar-refractivity contribution in [2.45, 2.75) is 18.4 Å². The molecule has 1 N–H and O–H groups in total. The van der Waals surface area contributed by atoms with E-state index < -0.39 is 11.5 Å². The van der Waals surface area contributed by atoms with Crippen LogP contribution in [0, 0.1) is 0 Å². The highest BCUT2D eigenvalue weighted by molar-refractivity contribution is 6.01. The third-order valence-electron chi connectivity index (χ3n) is 6.29. The van der Waals surface area contributed by atoms with Crippen LogP contribution in [0.1, 0.15) is 33.6 Å². The quantitative estimate of drug-likeness (QED) is 0.636. The normalized spacial score (nSPS) is 18.5. The largest absolute Gasteiger partial charge is 0.497 e. The molecule has 2 aliphatic heterocycles. The number of methoxy groups -OCH3 is 4. The maximum absolute atomic E-state index is 12.8. The number of carbonyl (C=O) groups is 3. The number of ether oxygens (including phenoxy) is 5. The number of hydrogen-bond acceptors (Lipinski definition) is 8. The van der Waals surface area contributed by atoms with Crippen molar-refractivity contribution in [3.63, 3.8) is 0 Å². The highest BCUT2D eigenvalue weighted by Gasteiger charge is 2.47. The molecule has 1 spiro atoms. The molecule has 0 saturated carbocycles. The van der Waals surface area contributed by atoms with Gasteiger partial charge in [0, 0.05) is 18.5 Å². The fraction of sp³-hybridized carbons (Fsp3) is 0.400. The average Bonchev–Trinajstić information content (AvgIpc) is 3.28. The second kappa shape index (κ2) is 9.73. The summed E-state index contributed by atoms with van der Waals surface area (Å²) in [5.41, 5.74) is -0.0227. The van der Waals surface area contributed by atoms with Crippen molar-refractivity contribution in [3.8, 4) is 28.7 Å². The molecule has 186 valence electrons. The Labute approximate surface area is 203 Å². The number of nitrogens with one attached hydrogen (secondary N) is 1. The lowest BCUT2D eigenvalue weighted by atomic mass is 9.89. The van der Waals surface area contributed by atoms with E-state index in [4.69, 9.17) is 23.7 Å². The number of ketones is 1. The van der Waals surface area contributed by atoms with E-state index in [1.54, 1.807) is 23.1 Å². The van der Waals surface area contributed by atoms with Gasteiger partial charge < -0.3 is 33.9 Å². The van der Waals surface area contributed by atoms with E-state index in [1.165, 1.54) is 40.6 Å². The highest BCUT2D eigenvalue weighted by atomic mass is 16.5. The van der Waals surface area contributed by atoms with E-state index in [9.17, 15) is 14.4 Å². The number of amides is 2. The molecule has 1 saturated heterocycles. The Morgan fingerprint density at radius 3 is 2.37 bits per heavy atom. The van der Waals surface area contributed by atoms with Gasteiger partial charge in [0.05, 0.1) is 53.5 Å². The van der Waals surface area contributed by atoms with Crippen molar-refractivity contribution in [3.05, 3.63) is 41.5 Å². The van der Waals surface area contributed by atoms with E-state index in [1.807, 2.05) is 0 Å². The van der Waals surface area contributed by atoms with Crippen LogP contribution in [0.4, 0.5) is 0 Å². The number of likely N-dealkylation sites (tertiary alicyclic amines) is 1. The summed E-state index contributed by atoms with van der Waals surface area (Å²) in [6.07, 6.45) is 0.700. The van der Waals surface area contributed by atoms with Gasteiger partial charge in [-0.2, -0.15) is 0 Å². The van der Waals surface area contributed by atoms with E-state index in [2.05, 4.69) is 5.32 Å². The molecule has 2 aromatic rings. The lowest BCUT2D eigenvalue weighted by molar-refractivity contribution is -0.129. The Morgan fingerprint density at radius 2 is 1.74 bits per heavy atom. The van der Waals surface area contributed by atoms with Gasteiger partial charge >= 0.3 is 0 Å². The minimum Gasteiger partial charge on any atom is -0.497 e. The van der Waals surface area contributed by atoms with Crippen molar-refractivity contribution in [2.24, 2.45) is 0 Å². The van der Waals surface area contributed by atoms with Crippen LogP contribution < -0.4 is 29.0 Å². The predicted octanol–water partition coefficient (Wildman–Crippen LogP) is 2.09. The first-order valence-electron chi connectivity index (χ1n) is 11.1. The minimum atomic E-state index is -0.769. The summed E-state index contributed by atoms with van der Waals surface area (Å²) in [5.74, 6) is 1.35. The topological polar surface area (TPSA) is 113 Å². The van der Waals surface area contributed by atoms with Gasteiger partial charge in [-0.1, -0.05) is 0 Å². The van der Waals surface area contributed by atoms with Crippen LogP contribution in [0.2, 0.25) is 0 Å². The van der Waals surface area contributed by atoms with Gasteiger partial charge in [-0.15, -0.1) is 0 Å². The Bertz CT molecular complexity index is 1140. The van der Waals surface area contributed by atoms with Crippen molar-refractivity contribution in [1.82, 2.24) is 10.2 Å². The fourth-order valence-corrected chi connectivity index (χ4v) is 4.47. The Kier molecular flexibility index (Phi) is 6.72. The maximum atomic E-state index is 12.8. The number of benzene rings is 2. The van der Waals surface area contributed by atoms with Gasteiger partial charge in [0.25, 0.3) is 5.91 Å². The number of hydrogen-bond donors (Lipinski definition) is 1. The van der Waals surface area contributed by atoms with E-state index in [-0.39, 0.29) is 36.8 Å². The second-order valence-electron chi connectivity index (χ2n) is 8.41. The van der Waals surface area contributed by atoms with E-state index >= 15 is 0 Å². The average molecular weight is 485 g/mol. The molecule has 35 heavy (non-hydrogen) atoms. The number of nitrogens with zero attached hydrogens (tertiary/aromatic N) is 1. The minimum absolute atomic E-state index is 0.0462. The molecular formula is C25H28N2O8. The summed E-state index contributed by atoms with van der Waals surface area (Å²) in [6, 6.07) is 8.15. The van der Waals surface area contributed by atoms with Crippen LogP contribution in [0.15, 0.2) is 30.3 Å². The van der Waals surface area contributed by atoms with Crippen LogP contribution >= 0.6 is 0 Å². The Hall–Kier alpha value is -3.95. The summed E-state index contributed by atoms with van der Waals surface area (Å²) in [6.45, 7) is 0.494. The molecule has 0 bridgehead atoms. The molecule has 1 unspecified atom stereocenters. The number of rotatable bonds is 7. The summed E-state index contributed by atoms with van der Waals surface area (Å²) in [5, 5.41) is 2.64. The first-order chi connectivity index (χ1) is 16.8. The lowest BCUT2D eigenvalue weighted by Crippen LogP contribution is -2.46. The molecule has 10 nitrogen and oxygen atoms in total. The molecule has 2 amide bonds. The highest BCUT2D eigenvalue weighted by Crippen LogP contribution is 2.40. The van der Waals surface area contributed by atoms with Gasteiger partial charge in [0.15, 0.2) is 17.3 Å². The second-order valence-corrected chi connectivity index (χ2v) is 8.41. The third-order valence-corrected chi connectivity index (χ3v) is 6.29. The number of fused-ring (bicyclic) bond motifs is 1. The summed E-state index contributed by atoms with van der Waals surface area (Å²) >= 11 is 0. The zero-order chi connectivity index (χ0) is 25.2. The number of Topliss-reactive ketones (excluding diaryl/α,β-unsaturated/α-hetero) is 1. The van der Waals surface area contributed by atoms with Crippen molar-refractivity contribution >= 4 is 17.6 Å². The zero-order valence-electron chi connectivity index (χ0n) is 20.1. The number of carbonyl (C=O) groups excluding carboxylic acids is 3. The van der Waals surface area contributed by atoms with Gasteiger partial charge in [0.2, 0.25) is 11.7 Å². The Morgan fingerprint density at radius 1 is 1.03 bits per heavy atom. The lowest BCUT2D eigenvalue weighted by Gasteiger charge is -2.34. The van der Waals surface area contributed by atoms with Crippen LogP contribution in [0.3, 0.4) is 0 Å². The molecule has 2 heterocycles. The summed E-state index contributed by atoms with van der Waals surface area (Å²) in [7, 11) is 5.93. The first kappa shape index (κ1) is 24.2. The van der Waals surface area contributed by atoms with Gasteiger partial charge in [-0.25, -0.2) is 0 Å². The predicted molar refractivity (Wildman–Crippen MR) is 125 cm³/mol. The molecule has 0 aromatic heterocycles. The standard InChI is InChI=1S/C25H28N2O8/c1-31-16-5-6-19-17(11-16)18(28)12-25(35-19)7-8-27(14-25)22(29)13-26-24(30)15-9-20(32-2)23(34-4)21(10-15)33-3/h5-6,9-11H,7-8,12-14H2,1-4H3,(H,26,30). The van der Waals surface area contributed by atoms with E-state index in [0.717, 1.165) is 0 Å². The molecule has 10 heteroatoms. The van der Waals surface area contributed by atoms with Crippen LogP contribution in [0.25, 0.3) is 0 Å². The SMILES string of the molecule is COc1ccc2c(c1)C(=O)CC1(CCN(C(=O)CNC(=O)c3cc(OC)c(OC)c(OC)c3)C1)O2. The maximum Gasteiger partial charge on any atom is 0.251 e. The molecule has 4 rings (SSSR count).